The lowest BCUT2D eigenvalue weighted by atomic mass is 9.99. The first-order chi connectivity index (χ1) is 15.0. The Labute approximate surface area is 184 Å². The van der Waals surface area contributed by atoms with Crippen molar-refractivity contribution < 1.29 is 34.2 Å². The lowest BCUT2D eigenvalue weighted by Crippen LogP contribution is -2.57. The van der Waals surface area contributed by atoms with Gasteiger partial charge in [0.1, 0.15) is 18.1 Å². The molecule has 1 heterocycles. The van der Waals surface area contributed by atoms with Gasteiger partial charge in [0.15, 0.2) is 0 Å². The molecule has 3 amide bonds. The number of amides is 3. The molecule has 1 rings (SSSR count). The monoisotopic (exact) mass is 454 g/mol. The van der Waals surface area contributed by atoms with Gasteiger partial charge in [0.25, 0.3) is 0 Å². The van der Waals surface area contributed by atoms with Crippen molar-refractivity contribution >= 4 is 29.7 Å². The fraction of sp³-hybridized carbons (Fsp3) is 0.579. The number of aromatic nitrogens is 2. The van der Waals surface area contributed by atoms with E-state index in [1.807, 2.05) is 0 Å². The van der Waals surface area contributed by atoms with Crippen LogP contribution in [0.4, 0.5) is 0 Å². The highest BCUT2D eigenvalue weighted by molar-refractivity contribution is 5.94. The predicted molar refractivity (Wildman–Crippen MR) is 111 cm³/mol. The first-order valence-corrected chi connectivity index (χ1v) is 10.0. The molecule has 0 bridgehead atoms. The fourth-order valence-corrected chi connectivity index (χ4v) is 2.73. The van der Waals surface area contributed by atoms with E-state index in [0.29, 0.717) is 12.1 Å². The summed E-state index contributed by atoms with van der Waals surface area (Å²) >= 11 is 0. The molecule has 0 saturated heterocycles. The van der Waals surface area contributed by atoms with Crippen molar-refractivity contribution in [3.63, 3.8) is 0 Å². The second-order valence-electron chi connectivity index (χ2n) is 7.49. The Bertz CT molecular complexity index is 813. The van der Waals surface area contributed by atoms with Gasteiger partial charge in [0.2, 0.25) is 17.7 Å². The Balaban J connectivity index is 2.87. The van der Waals surface area contributed by atoms with Crippen LogP contribution in [-0.2, 0) is 30.4 Å². The summed E-state index contributed by atoms with van der Waals surface area (Å²) in [6.07, 6.45) is 2.67. The number of carbonyl (C=O) groups is 5. The highest BCUT2D eigenvalue weighted by atomic mass is 16.4. The van der Waals surface area contributed by atoms with E-state index in [1.165, 1.54) is 19.4 Å². The van der Waals surface area contributed by atoms with Crippen LogP contribution in [0.15, 0.2) is 12.5 Å². The minimum absolute atomic E-state index is 0.0314. The molecule has 0 aliphatic heterocycles. The molecule has 13 heteroatoms. The third kappa shape index (κ3) is 8.34. The number of carboxylic acid groups (broad SMARTS) is 2. The van der Waals surface area contributed by atoms with E-state index < -0.39 is 60.2 Å². The molecule has 1 aromatic heterocycles. The number of nitrogens with zero attached hydrogens (tertiary/aromatic N) is 1. The Morgan fingerprint density at radius 3 is 2.22 bits per heavy atom. The van der Waals surface area contributed by atoms with Gasteiger partial charge in [-0.2, -0.15) is 0 Å². The molecule has 5 unspecified atom stereocenters. The Hall–Kier alpha value is -3.48. The van der Waals surface area contributed by atoms with Crippen molar-refractivity contribution in [1.82, 2.24) is 25.9 Å². The van der Waals surface area contributed by atoms with E-state index in [9.17, 15) is 29.1 Å². The van der Waals surface area contributed by atoms with Crippen LogP contribution >= 0.6 is 0 Å². The maximum atomic E-state index is 12.8. The van der Waals surface area contributed by atoms with Crippen LogP contribution in [0.1, 0.15) is 39.3 Å². The average Bonchev–Trinajstić information content (AvgIpc) is 3.22. The van der Waals surface area contributed by atoms with E-state index in [4.69, 9.17) is 10.8 Å². The van der Waals surface area contributed by atoms with Crippen LogP contribution in [0.25, 0.3) is 0 Å². The van der Waals surface area contributed by atoms with Crippen molar-refractivity contribution in [3.8, 4) is 0 Å². The first kappa shape index (κ1) is 26.6. The number of imidazole rings is 1. The molecule has 13 nitrogen and oxygen atoms in total. The molecule has 5 atom stereocenters. The minimum atomic E-state index is -1.38. The molecule has 0 radical (unpaired) electrons. The summed E-state index contributed by atoms with van der Waals surface area (Å²) in [5.74, 6) is -5.10. The van der Waals surface area contributed by atoms with Crippen LogP contribution in [0.3, 0.4) is 0 Å². The standard InChI is InChI=1S/C19H30N6O7/c1-4-9(2)15(19(31)32)25-16(28)10(3)23-18(30)13(5-11-7-21-8-22-11)24-17(29)12(20)6-14(26)27/h7-10,12-13,15H,4-6,20H2,1-3H3,(H,21,22)(H,23,30)(H,24,29)(H,25,28)(H,26,27)(H,31,32). The molecule has 0 saturated carbocycles. The summed E-state index contributed by atoms with van der Waals surface area (Å²) in [6.45, 7) is 4.84. The van der Waals surface area contributed by atoms with Gasteiger partial charge in [0.05, 0.1) is 18.8 Å². The number of carbonyl (C=O) groups excluding carboxylic acids is 3. The molecular weight excluding hydrogens is 424 g/mol. The molecule has 1 aromatic rings. The summed E-state index contributed by atoms with van der Waals surface area (Å²) in [6, 6.07) is -4.80. The normalized spacial score (nSPS) is 15.5. The maximum absolute atomic E-state index is 12.8. The van der Waals surface area contributed by atoms with Crippen LogP contribution in [0.2, 0.25) is 0 Å². The molecule has 8 N–H and O–H groups in total. The minimum Gasteiger partial charge on any atom is -0.481 e. The zero-order valence-corrected chi connectivity index (χ0v) is 18.1. The number of aliphatic carboxylic acids is 2. The first-order valence-electron chi connectivity index (χ1n) is 10.0. The lowest BCUT2D eigenvalue weighted by Gasteiger charge is -2.24. The number of rotatable bonds is 13. The zero-order valence-electron chi connectivity index (χ0n) is 18.1. The highest BCUT2D eigenvalue weighted by Gasteiger charge is 2.30. The van der Waals surface area contributed by atoms with Gasteiger partial charge in [-0.05, 0) is 12.8 Å². The largest absolute Gasteiger partial charge is 0.481 e. The van der Waals surface area contributed by atoms with Crippen molar-refractivity contribution in [2.75, 3.05) is 0 Å². The summed E-state index contributed by atoms with van der Waals surface area (Å²) in [7, 11) is 0. The smallest absolute Gasteiger partial charge is 0.326 e. The molecule has 0 fully saturated rings. The molecular formula is C19H30N6O7. The van der Waals surface area contributed by atoms with E-state index in [2.05, 4.69) is 25.9 Å². The fourth-order valence-electron chi connectivity index (χ4n) is 2.73. The Kier molecular flexibility index (Phi) is 10.3. The molecule has 32 heavy (non-hydrogen) atoms. The van der Waals surface area contributed by atoms with Crippen molar-refractivity contribution in [2.24, 2.45) is 11.7 Å². The van der Waals surface area contributed by atoms with Crippen LogP contribution in [0, 0.1) is 5.92 Å². The van der Waals surface area contributed by atoms with E-state index in [-0.39, 0.29) is 12.3 Å². The summed E-state index contributed by atoms with van der Waals surface area (Å²) in [4.78, 5) is 66.2. The Morgan fingerprint density at radius 2 is 1.72 bits per heavy atom. The van der Waals surface area contributed by atoms with Gasteiger partial charge in [-0.1, -0.05) is 20.3 Å². The third-order valence-corrected chi connectivity index (χ3v) is 4.87. The summed E-state index contributed by atoms with van der Waals surface area (Å²) in [5.41, 5.74) is 6.05. The van der Waals surface area contributed by atoms with Gasteiger partial charge in [-0.15, -0.1) is 0 Å². The van der Waals surface area contributed by atoms with Gasteiger partial charge in [-0.25, -0.2) is 9.78 Å². The second-order valence-corrected chi connectivity index (χ2v) is 7.49. The number of hydrogen-bond donors (Lipinski definition) is 7. The summed E-state index contributed by atoms with van der Waals surface area (Å²) < 4.78 is 0. The quantitative estimate of drug-likeness (QED) is 0.181. The van der Waals surface area contributed by atoms with Gasteiger partial charge >= 0.3 is 11.9 Å². The topological polar surface area (TPSA) is 217 Å². The maximum Gasteiger partial charge on any atom is 0.326 e. The molecule has 0 aliphatic carbocycles. The highest BCUT2D eigenvalue weighted by Crippen LogP contribution is 2.08. The number of nitrogens with one attached hydrogen (secondary N) is 4. The van der Waals surface area contributed by atoms with Crippen LogP contribution in [-0.4, -0.2) is 74.0 Å². The molecule has 178 valence electrons. The number of hydrogen-bond acceptors (Lipinski definition) is 7. The molecule has 0 aromatic carbocycles. The van der Waals surface area contributed by atoms with Crippen LogP contribution < -0.4 is 21.7 Å². The second kappa shape index (κ2) is 12.4. The number of aromatic amines is 1. The third-order valence-electron chi connectivity index (χ3n) is 4.87. The van der Waals surface area contributed by atoms with E-state index in [0.717, 1.165) is 0 Å². The van der Waals surface area contributed by atoms with E-state index in [1.54, 1.807) is 13.8 Å². The van der Waals surface area contributed by atoms with Gasteiger partial charge in [0, 0.05) is 18.3 Å². The number of carboxylic acids is 2. The predicted octanol–water partition coefficient (Wildman–Crippen LogP) is -1.64. The molecule has 0 aliphatic rings. The Morgan fingerprint density at radius 1 is 1.06 bits per heavy atom. The SMILES string of the molecule is CCC(C)C(NC(=O)C(C)NC(=O)C(Cc1cnc[nH]1)NC(=O)C(N)CC(=O)O)C(=O)O. The number of H-pyrrole nitrogens is 1. The van der Waals surface area contributed by atoms with Crippen LogP contribution in [0.5, 0.6) is 0 Å². The zero-order chi connectivity index (χ0) is 24.4. The van der Waals surface area contributed by atoms with Crippen molar-refractivity contribution in [1.29, 1.82) is 0 Å². The van der Waals surface area contributed by atoms with E-state index >= 15 is 0 Å². The van der Waals surface area contributed by atoms with Crippen molar-refractivity contribution in [3.05, 3.63) is 18.2 Å². The summed E-state index contributed by atoms with van der Waals surface area (Å²) in [5, 5.41) is 25.3. The van der Waals surface area contributed by atoms with Gasteiger partial charge in [-0.3, -0.25) is 19.2 Å². The van der Waals surface area contributed by atoms with Crippen molar-refractivity contribution in [2.45, 2.75) is 64.2 Å². The van der Waals surface area contributed by atoms with Gasteiger partial charge < -0.3 is 36.9 Å². The average molecular weight is 454 g/mol. The molecule has 0 spiro atoms. The lowest BCUT2D eigenvalue weighted by molar-refractivity contribution is -0.143. The number of nitrogens with two attached hydrogens (primary N) is 1.